The lowest BCUT2D eigenvalue weighted by atomic mass is 11.9. The molecule has 0 aliphatic heterocycles. The first kappa shape index (κ1) is 3.88. The van der Waals surface area contributed by atoms with Gasteiger partial charge in [-0.15, -0.1) is 0 Å². The first-order valence-electron chi connectivity index (χ1n) is 0.875. The fourth-order valence-corrected chi connectivity index (χ4v) is 0. The Labute approximate surface area is 26.4 Å². The number of rotatable bonds is 0. The number of hydrogen-bond acceptors (Lipinski definition) is 1. The highest BCUT2D eigenvalue weighted by atomic mass is 31.1. The molecule has 0 saturated heterocycles. The van der Waals surface area contributed by atoms with Gasteiger partial charge < -0.3 is 0 Å². The largest absolute Gasteiger partial charge is 0.229 e. The first-order valence-corrected chi connectivity index (χ1v) is 2.22. The molecule has 0 rings (SSSR count). The molecule has 0 atom stereocenters. The van der Waals surface area contributed by atoms with E-state index in [0.717, 1.165) is 0 Å². The van der Waals surface area contributed by atoms with Crippen LogP contribution in [-0.2, 0) is 4.79 Å². The summed E-state index contributed by atoms with van der Waals surface area (Å²) in [5, 5.41) is 0. The van der Waals surface area contributed by atoms with Crippen molar-refractivity contribution in [3.05, 3.63) is 0 Å². The van der Waals surface area contributed by atoms with Crippen molar-refractivity contribution in [2.45, 2.75) is 0 Å². The molecule has 0 saturated carbocycles. The second-order valence-electron chi connectivity index (χ2n) is 0.315. The van der Waals surface area contributed by atoms with Gasteiger partial charge in [-0.25, -0.2) is 4.79 Å². The molecular formula is C2H3OP. The lowest BCUT2D eigenvalue weighted by Gasteiger charge is -1.30. The molecule has 0 N–H and O–H groups in total. The average Bonchev–Trinajstić information content (AvgIpc) is 1.37. The lowest BCUT2D eigenvalue weighted by Crippen LogP contribution is -1.21. The van der Waals surface area contributed by atoms with Crippen molar-refractivity contribution in [1.29, 1.82) is 0 Å². The first-order chi connectivity index (χ1) is 1.91. The lowest BCUT2D eigenvalue weighted by molar-refractivity contribution is 0.572. The smallest absolute Gasteiger partial charge is 0.149 e. The van der Waals surface area contributed by atoms with Crippen LogP contribution >= 0.6 is 8.20 Å². The highest BCUT2D eigenvalue weighted by Crippen LogP contribution is 1.69. The Kier molecular flexibility index (Phi) is 2.79. The zero-order valence-corrected chi connectivity index (χ0v) is 3.25. The van der Waals surface area contributed by atoms with E-state index >= 15 is 0 Å². The highest BCUT2D eigenvalue weighted by Gasteiger charge is 1.33. The van der Waals surface area contributed by atoms with Crippen LogP contribution in [0.2, 0.25) is 0 Å². The summed E-state index contributed by atoms with van der Waals surface area (Å²) >= 11 is 0. The Morgan fingerprint density at radius 1 is 2.00 bits per heavy atom. The zero-order valence-electron chi connectivity index (χ0n) is 2.36. The molecule has 0 unspecified atom stereocenters. The van der Waals surface area contributed by atoms with Crippen LogP contribution < -0.4 is 0 Å². The van der Waals surface area contributed by atoms with Crippen molar-refractivity contribution in [3.8, 4) is 0 Å². The van der Waals surface area contributed by atoms with Crippen LogP contribution in [0.1, 0.15) is 0 Å². The summed E-state index contributed by atoms with van der Waals surface area (Å²) in [5.41, 5.74) is 1.65. The van der Waals surface area contributed by atoms with Crippen molar-refractivity contribution >= 4 is 13.9 Å². The molecule has 0 aromatic carbocycles. The Hall–Kier alpha value is -0.120. The second kappa shape index (κ2) is 2.88. The molecule has 0 fully saturated rings. The SMILES string of the molecule is CP=C=O. The molecule has 0 heterocycles. The third-order valence-electron chi connectivity index (χ3n) is 0.0913. The van der Waals surface area contributed by atoms with Gasteiger partial charge in [-0.3, -0.25) is 0 Å². The van der Waals surface area contributed by atoms with Crippen LogP contribution in [-0.4, -0.2) is 12.3 Å². The predicted molar refractivity (Wildman–Crippen MR) is 18.5 cm³/mol. The van der Waals surface area contributed by atoms with Gasteiger partial charge in [0.2, 0.25) is 0 Å². The summed E-state index contributed by atoms with van der Waals surface area (Å²) in [7, 11) is 0.693. The van der Waals surface area contributed by atoms with Crippen molar-refractivity contribution in [2.24, 2.45) is 0 Å². The van der Waals surface area contributed by atoms with Crippen molar-refractivity contribution in [3.63, 3.8) is 0 Å². The van der Waals surface area contributed by atoms with Crippen LogP contribution in [0.5, 0.6) is 0 Å². The maximum absolute atomic E-state index is 9.04. The Morgan fingerprint density at radius 3 is 2.25 bits per heavy atom. The Balaban J connectivity index is 3.11. The molecule has 0 aromatic heterocycles. The normalized spacial score (nSPS) is 6.25. The monoisotopic (exact) mass is 74.0 g/mol. The van der Waals surface area contributed by atoms with Crippen LogP contribution in [0.4, 0.5) is 0 Å². The molecule has 22 valence electrons. The summed E-state index contributed by atoms with van der Waals surface area (Å²) in [6.45, 7) is 1.73. The van der Waals surface area contributed by atoms with Gasteiger partial charge in [-0.2, -0.15) is 0 Å². The molecule has 0 aliphatic carbocycles. The van der Waals surface area contributed by atoms with Crippen LogP contribution in [0, 0.1) is 0 Å². The van der Waals surface area contributed by atoms with Crippen molar-refractivity contribution in [2.75, 3.05) is 6.66 Å². The van der Waals surface area contributed by atoms with E-state index in [0.29, 0.717) is 8.20 Å². The summed E-state index contributed by atoms with van der Waals surface area (Å²) < 4.78 is 0. The molecule has 0 aliphatic rings. The molecule has 0 aromatic rings. The van der Waals surface area contributed by atoms with Gasteiger partial charge in [-0.05, 0) is 14.9 Å². The molecular weight excluding hydrogens is 71.0 g/mol. The Bertz CT molecular complexity index is 44.0. The van der Waals surface area contributed by atoms with Crippen LogP contribution in [0.3, 0.4) is 0 Å². The second-order valence-corrected chi connectivity index (χ2v) is 0.945. The minimum absolute atomic E-state index is 0.693. The zero-order chi connectivity index (χ0) is 3.41. The van der Waals surface area contributed by atoms with E-state index in [4.69, 9.17) is 4.79 Å². The maximum atomic E-state index is 9.04. The van der Waals surface area contributed by atoms with Crippen molar-refractivity contribution in [1.82, 2.24) is 0 Å². The van der Waals surface area contributed by atoms with Crippen molar-refractivity contribution < 1.29 is 4.79 Å². The van der Waals surface area contributed by atoms with Gasteiger partial charge in [0.1, 0.15) is 5.66 Å². The third kappa shape index (κ3) is 1.88. The van der Waals surface area contributed by atoms with E-state index in [-0.39, 0.29) is 0 Å². The highest BCUT2D eigenvalue weighted by molar-refractivity contribution is 7.36. The predicted octanol–water partition coefficient (Wildman–Crippen LogP) is 0.630. The molecule has 0 spiro atoms. The van der Waals surface area contributed by atoms with E-state index in [2.05, 4.69) is 0 Å². The minimum Gasteiger partial charge on any atom is -0.229 e. The molecule has 0 radical (unpaired) electrons. The van der Waals surface area contributed by atoms with Gasteiger partial charge in [0.05, 0.1) is 0 Å². The van der Waals surface area contributed by atoms with Gasteiger partial charge >= 0.3 is 0 Å². The quantitative estimate of drug-likeness (QED) is 0.385. The topological polar surface area (TPSA) is 17.1 Å². The van der Waals surface area contributed by atoms with Gasteiger partial charge in [0, 0.05) is 0 Å². The number of carbonyl (C=O) groups excluding carboxylic acids is 1. The van der Waals surface area contributed by atoms with E-state index < -0.39 is 0 Å². The molecule has 1 nitrogen and oxygen atoms in total. The minimum atomic E-state index is 0.693. The molecule has 0 bridgehead atoms. The van der Waals surface area contributed by atoms with Gasteiger partial charge in [0.25, 0.3) is 0 Å². The summed E-state index contributed by atoms with van der Waals surface area (Å²) in [6.07, 6.45) is 0. The third-order valence-corrected chi connectivity index (χ3v) is 0.274. The van der Waals surface area contributed by atoms with E-state index in [1.54, 1.807) is 12.3 Å². The summed E-state index contributed by atoms with van der Waals surface area (Å²) in [6, 6.07) is 0. The van der Waals surface area contributed by atoms with E-state index in [1.807, 2.05) is 0 Å². The van der Waals surface area contributed by atoms with Gasteiger partial charge in [0.15, 0.2) is 0 Å². The Morgan fingerprint density at radius 2 is 2.25 bits per heavy atom. The van der Waals surface area contributed by atoms with E-state index in [9.17, 15) is 0 Å². The van der Waals surface area contributed by atoms with Crippen LogP contribution in [0.25, 0.3) is 0 Å². The molecule has 2 heteroatoms. The van der Waals surface area contributed by atoms with E-state index in [1.165, 1.54) is 0 Å². The maximum Gasteiger partial charge on any atom is 0.149 e. The fraction of sp³-hybridized carbons (Fsp3) is 0.500. The summed E-state index contributed by atoms with van der Waals surface area (Å²) in [5.74, 6) is 0. The standard InChI is InChI=1S/C2H3OP/c1-4-2-3/h1H3. The summed E-state index contributed by atoms with van der Waals surface area (Å²) in [4.78, 5) is 9.04. The van der Waals surface area contributed by atoms with Gasteiger partial charge in [-0.1, -0.05) is 0 Å². The molecule has 0 amide bonds. The molecule has 4 heavy (non-hydrogen) atoms. The average molecular weight is 74.0 g/mol. The van der Waals surface area contributed by atoms with Crippen LogP contribution in [0.15, 0.2) is 0 Å². The number of hydrogen-bond donors (Lipinski definition) is 0. The fourth-order valence-electron chi connectivity index (χ4n) is 0.